The fraction of sp³-hybridized carbons (Fsp3) is 0.600. The molecule has 0 aliphatic heterocycles. The standard InChI is InChI=1S/C15H24O.C4H9.CH2O2/c1-10-8-11(14(2,3)4)13(16)12(9-10)15(5,6)7;1-3-4-2;2-1-3/h8-9,16H,1-7H3;1,3-4H2,2H3;1H,(H,2,3). The number of unbranched alkanes of at least 4 members (excludes halogenated alkanes) is 1. The van der Waals surface area contributed by atoms with Crippen molar-refractivity contribution in [3.05, 3.63) is 35.7 Å². The van der Waals surface area contributed by atoms with Crippen LogP contribution in [0.25, 0.3) is 0 Å². The van der Waals surface area contributed by atoms with Crippen LogP contribution in [0.4, 0.5) is 0 Å². The smallest absolute Gasteiger partial charge is 0.290 e. The van der Waals surface area contributed by atoms with E-state index in [1.165, 1.54) is 12.0 Å². The quantitative estimate of drug-likeness (QED) is 0.660. The molecule has 0 atom stereocenters. The lowest BCUT2D eigenvalue weighted by Crippen LogP contribution is -2.17. The molecular formula is C20H35O3. The van der Waals surface area contributed by atoms with E-state index in [0.29, 0.717) is 5.75 Å². The summed E-state index contributed by atoms with van der Waals surface area (Å²) < 4.78 is 0. The molecule has 3 heteroatoms. The van der Waals surface area contributed by atoms with Crippen molar-refractivity contribution >= 4 is 6.47 Å². The molecule has 0 aliphatic rings. The van der Waals surface area contributed by atoms with Gasteiger partial charge in [0.05, 0.1) is 0 Å². The Bertz CT molecular complexity index is 426. The van der Waals surface area contributed by atoms with E-state index in [2.05, 4.69) is 74.4 Å². The summed E-state index contributed by atoms with van der Waals surface area (Å²) in [6.07, 6.45) is 2.28. The molecule has 1 aromatic carbocycles. The van der Waals surface area contributed by atoms with Gasteiger partial charge in [-0.3, -0.25) is 4.79 Å². The molecule has 1 radical (unpaired) electrons. The summed E-state index contributed by atoms with van der Waals surface area (Å²) >= 11 is 0. The maximum atomic E-state index is 10.4. The Morgan fingerprint density at radius 3 is 1.48 bits per heavy atom. The molecule has 0 saturated carbocycles. The van der Waals surface area contributed by atoms with Crippen molar-refractivity contribution in [3.63, 3.8) is 0 Å². The molecule has 0 unspecified atom stereocenters. The molecule has 2 N–H and O–H groups in total. The van der Waals surface area contributed by atoms with E-state index in [-0.39, 0.29) is 17.3 Å². The first-order valence-electron chi connectivity index (χ1n) is 8.08. The monoisotopic (exact) mass is 323 g/mol. The van der Waals surface area contributed by atoms with Gasteiger partial charge in [0.15, 0.2) is 0 Å². The lowest BCUT2D eigenvalue weighted by molar-refractivity contribution is -0.122. The minimum Gasteiger partial charge on any atom is -0.507 e. The maximum absolute atomic E-state index is 10.4. The van der Waals surface area contributed by atoms with Gasteiger partial charge in [0.1, 0.15) is 5.75 Å². The predicted molar refractivity (Wildman–Crippen MR) is 99.2 cm³/mol. The highest BCUT2D eigenvalue weighted by molar-refractivity contribution is 5.49. The van der Waals surface area contributed by atoms with Gasteiger partial charge in [-0.15, -0.1) is 0 Å². The van der Waals surface area contributed by atoms with Gasteiger partial charge in [-0.2, -0.15) is 0 Å². The van der Waals surface area contributed by atoms with Crippen LogP contribution in [0.15, 0.2) is 12.1 Å². The molecule has 133 valence electrons. The molecule has 0 fully saturated rings. The average Bonchev–Trinajstić information content (AvgIpc) is 2.40. The first-order chi connectivity index (χ1) is 10.4. The number of rotatable bonds is 1. The predicted octanol–water partition coefficient (Wildman–Crippen LogP) is 5.62. The second-order valence-electron chi connectivity index (χ2n) is 7.67. The minimum absolute atomic E-state index is 0.0178. The van der Waals surface area contributed by atoms with Crippen molar-refractivity contribution in [2.75, 3.05) is 0 Å². The van der Waals surface area contributed by atoms with Crippen molar-refractivity contribution in [2.45, 2.75) is 79.1 Å². The fourth-order valence-corrected chi connectivity index (χ4v) is 1.92. The number of aryl methyl sites for hydroxylation is 1. The molecular weight excluding hydrogens is 288 g/mol. The normalized spacial score (nSPS) is 10.8. The third-order valence-electron chi connectivity index (χ3n) is 3.22. The molecule has 0 aliphatic carbocycles. The second-order valence-corrected chi connectivity index (χ2v) is 7.67. The Hall–Kier alpha value is -1.51. The molecule has 3 nitrogen and oxygen atoms in total. The molecule has 0 aromatic heterocycles. The number of phenolic OH excluding ortho intramolecular Hbond substituents is 1. The number of aromatic hydroxyl groups is 1. The molecule has 1 rings (SSSR count). The van der Waals surface area contributed by atoms with Crippen molar-refractivity contribution in [2.24, 2.45) is 0 Å². The van der Waals surface area contributed by atoms with Crippen molar-refractivity contribution < 1.29 is 15.0 Å². The topological polar surface area (TPSA) is 57.5 Å². The summed E-state index contributed by atoms with van der Waals surface area (Å²) in [5, 5.41) is 17.3. The summed E-state index contributed by atoms with van der Waals surface area (Å²) in [6, 6.07) is 4.18. The van der Waals surface area contributed by atoms with Gasteiger partial charge in [0, 0.05) is 0 Å². The Labute approximate surface area is 142 Å². The van der Waals surface area contributed by atoms with Gasteiger partial charge in [0.2, 0.25) is 0 Å². The zero-order valence-corrected chi connectivity index (χ0v) is 16.2. The van der Waals surface area contributed by atoms with Crippen molar-refractivity contribution in [1.82, 2.24) is 0 Å². The number of hydrogen-bond acceptors (Lipinski definition) is 2. The third-order valence-corrected chi connectivity index (χ3v) is 3.22. The Balaban J connectivity index is 0. The largest absolute Gasteiger partial charge is 0.507 e. The number of carboxylic acid groups (broad SMARTS) is 1. The summed E-state index contributed by atoms with van der Waals surface area (Å²) in [6.45, 7) is 20.4. The summed E-state index contributed by atoms with van der Waals surface area (Å²) in [4.78, 5) is 8.36. The van der Waals surface area contributed by atoms with Crippen molar-refractivity contribution in [3.8, 4) is 5.75 Å². The second kappa shape index (κ2) is 10.3. The van der Waals surface area contributed by atoms with E-state index >= 15 is 0 Å². The Kier molecular flexibility index (Phi) is 10.6. The Morgan fingerprint density at radius 1 is 1.04 bits per heavy atom. The van der Waals surface area contributed by atoms with Gasteiger partial charge >= 0.3 is 0 Å². The zero-order valence-electron chi connectivity index (χ0n) is 16.2. The highest BCUT2D eigenvalue weighted by atomic mass is 16.3. The SMILES string of the molecule is Cc1cc(C(C)(C)C)c(O)c(C(C)(C)C)c1.O=CO.[CH2]CCC. The first-order valence-corrected chi connectivity index (χ1v) is 8.08. The lowest BCUT2D eigenvalue weighted by Gasteiger charge is -2.27. The van der Waals surface area contributed by atoms with E-state index in [0.717, 1.165) is 17.5 Å². The maximum Gasteiger partial charge on any atom is 0.290 e. The van der Waals surface area contributed by atoms with Gasteiger partial charge in [0.25, 0.3) is 6.47 Å². The minimum atomic E-state index is -0.250. The molecule has 0 heterocycles. The fourth-order valence-electron chi connectivity index (χ4n) is 1.92. The zero-order chi connectivity index (χ0) is 18.8. The highest BCUT2D eigenvalue weighted by Crippen LogP contribution is 2.39. The van der Waals surface area contributed by atoms with Gasteiger partial charge < -0.3 is 10.2 Å². The van der Waals surface area contributed by atoms with Crippen LogP contribution in [0.5, 0.6) is 5.75 Å². The summed E-state index contributed by atoms with van der Waals surface area (Å²) in [5.41, 5.74) is 3.26. The van der Waals surface area contributed by atoms with Crippen LogP contribution >= 0.6 is 0 Å². The molecule has 0 spiro atoms. The van der Waals surface area contributed by atoms with E-state index in [1.807, 2.05) is 0 Å². The molecule has 0 bridgehead atoms. The van der Waals surface area contributed by atoms with E-state index in [9.17, 15) is 5.11 Å². The van der Waals surface area contributed by atoms with Gasteiger partial charge in [-0.1, -0.05) is 85.9 Å². The van der Waals surface area contributed by atoms with Gasteiger partial charge in [-0.25, -0.2) is 0 Å². The lowest BCUT2D eigenvalue weighted by atomic mass is 9.78. The number of benzene rings is 1. The molecule has 1 aromatic rings. The van der Waals surface area contributed by atoms with Crippen LogP contribution in [0, 0.1) is 13.8 Å². The summed E-state index contributed by atoms with van der Waals surface area (Å²) in [5.74, 6) is 0.464. The highest BCUT2D eigenvalue weighted by Gasteiger charge is 2.25. The van der Waals surface area contributed by atoms with E-state index in [4.69, 9.17) is 9.90 Å². The Morgan fingerprint density at radius 2 is 1.30 bits per heavy atom. The number of carbonyl (C=O) groups is 1. The van der Waals surface area contributed by atoms with Crippen LogP contribution in [0.2, 0.25) is 0 Å². The summed E-state index contributed by atoms with van der Waals surface area (Å²) in [7, 11) is 0. The number of phenols is 1. The van der Waals surface area contributed by atoms with E-state index < -0.39 is 0 Å². The van der Waals surface area contributed by atoms with Crippen LogP contribution in [-0.4, -0.2) is 16.7 Å². The molecule has 23 heavy (non-hydrogen) atoms. The van der Waals surface area contributed by atoms with Crippen molar-refractivity contribution in [1.29, 1.82) is 0 Å². The molecule has 0 saturated heterocycles. The third kappa shape index (κ3) is 9.27. The average molecular weight is 323 g/mol. The van der Waals surface area contributed by atoms with E-state index in [1.54, 1.807) is 0 Å². The first kappa shape index (κ1) is 23.8. The van der Waals surface area contributed by atoms with Crippen LogP contribution in [0.3, 0.4) is 0 Å². The number of hydrogen-bond donors (Lipinski definition) is 2. The van der Waals surface area contributed by atoms with Crippen LogP contribution in [0.1, 0.15) is 78.0 Å². The van der Waals surface area contributed by atoms with Crippen LogP contribution in [-0.2, 0) is 15.6 Å². The van der Waals surface area contributed by atoms with Gasteiger partial charge in [-0.05, 0) is 28.9 Å². The van der Waals surface area contributed by atoms with Crippen LogP contribution < -0.4 is 0 Å². The molecule has 0 amide bonds.